The fourth-order valence-corrected chi connectivity index (χ4v) is 2.73. The fraction of sp³-hybridized carbons (Fsp3) is 0.647. The van der Waals surface area contributed by atoms with Crippen LogP contribution in [0.4, 0.5) is 5.69 Å². The van der Waals surface area contributed by atoms with Gasteiger partial charge >= 0.3 is 0 Å². The van der Waals surface area contributed by atoms with E-state index >= 15 is 0 Å². The molecule has 1 aliphatic rings. The third-order valence-corrected chi connectivity index (χ3v) is 3.91. The Labute approximate surface area is 123 Å². The average Bonchev–Trinajstić information content (AvgIpc) is 2.47. The summed E-state index contributed by atoms with van der Waals surface area (Å²) in [4.78, 5) is 2.37. The predicted molar refractivity (Wildman–Crippen MR) is 85.5 cm³/mol. The van der Waals surface area contributed by atoms with Crippen LogP contribution in [0.2, 0.25) is 0 Å². The van der Waals surface area contributed by atoms with Crippen molar-refractivity contribution in [3.63, 3.8) is 0 Å². The summed E-state index contributed by atoms with van der Waals surface area (Å²) in [5.41, 5.74) is 7.30. The maximum absolute atomic E-state index is 6.05. The van der Waals surface area contributed by atoms with Crippen molar-refractivity contribution in [2.45, 2.75) is 51.5 Å². The van der Waals surface area contributed by atoms with Crippen molar-refractivity contribution in [1.82, 2.24) is 0 Å². The van der Waals surface area contributed by atoms with Crippen LogP contribution in [-0.2, 0) is 0 Å². The minimum Gasteiger partial charge on any atom is -0.494 e. The van der Waals surface area contributed by atoms with Crippen molar-refractivity contribution < 1.29 is 4.74 Å². The molecule has 3 nitrogen and oxygen atoms in total. The van der Waals surface area contributed by atoms with Crippen LogP contribution < -0.4 is 15.4 Å². The fourth-order valence-electron chi connectivity index (χ4n) is 2.73. The Hall–Kier alpha value is -1.22. The van der Waals surface area contributed by atoms with Gasteiger partial charge in [0, 0.05) is 30.9 Å². The molecule has 1 aliphatic heterocycles. The minimum absolute atomic E-state index is 0.308. The van der Waals surface area contributed by atoms with Gasteiger partial charge in [0.2, 0.25) is 0 Å². The van der Waals surface area contributed by atoms with Crippen LogP contribution in [0.1, 0.15) is 45.4 Å². The SMILES string of the molecule is CCCCCCOc1cccc(N2CCCC(N)C2)c1. The number of piperidine rings is 1. The molecule has 0 bridgehead atoms. The Kier molecular flexibility index (Phi) is 6.19. The summed E-state index contributed by atoms with van der Waals surface area (Å²) >= 11 is 0. The molecule has 0 saturated carbocycles. The summed E-state index contributed by atoms with van der Waals surface area (Å²) in [7, 11) is 0. The Morgan fingerprint density at radius 2 is 2.20 bits per heavy atom. The molecule has 1 aromatic rings. The summed E-state index contributed by atoms with van der Waals surface area (Å²) in [6.07, 6.45) is 7.30. The number of unbranched alkanes of at least 4 members (excludes halogenated alkanes) is 3. The first-order chi connectivity index (χ1) is 9.79. The number of hydrogen-bond donors (Lipinski definition) is 1. The molecule has 1 saturated heterocycles. The normalized spacial score (nSPS) is 19.1. The third-order valence-electron chi connectivity index (χ3n) is 3.91. The standard InChI is InChI=1S/C17H28N2O/c1-2-3-4-5-12-20-17-10-6-9-16(13-17)19-11-7-8-15(18)14-19/h6,9-10,13,15H,2-5,7-8,11-12,14,18H2,1H3. The molecule has 1 unspecified atom stereocenters. The molecular weight excluding hydrogens is 248 g/mol. The molecule has 2 N–H and O–H groups in total. The Balaban J connectivity index is 1.84. The Morgan fingerprint density at radius 3 is 3.00 bits per heavy atom. The highest BCUT2D eigenvalue weighted by atomic mass is 16.5. The Bertz CT molecular complexity index is 394. The van der Waals surface area contributed by atoms with E-state index in [0.717, 1.165) is 38.3 Å². The van der Waals surface area contributed by atoms with Crippen molar-refractivity contribution in [3.05, 3.63) is 24.3 Å². The summed E-state index contributed by atoms with van der Waals surface area (Å²) in [6.45, 7) is 5.12. The first kappa shape index (κ1) is 15.2. The quantitative estimate of drug-likeness (QED) is 0.774. The molecule has 1 aromatic carbocycles. The number of nitrogens with zero attached hydrogens (tertiary/aromatic N) is 1. The van der Waals surface area contributed by atoms with E-state index in [9.17, 15) is 0 Å². The zero-order valence-corrected chi connectivity index (χ0v) is 12.7. The predicted octanol–water partition coefficient (Wildman–Crippen LogP) is 3.57. The second-order valence-corrected chi connectivity index (χ2v) is 5.75. The van der Waals surface area contributed by atoms with E-state index in [-0.39, 0.29) is 0 Å². The molecule has 20 heavy (non-hydrogen) atoms. The van der Waals surface area contributed by atoms with Gasteiger partial charge in [0.05, 0.1) is 6.61 Å². The van der Waals surface area contributed by atoms with E-state index in [1.54, 1.807) is 0 Å². The number of benzene rings is 1. The van der Waals surface area contributed by atoms with Crippen LogP contribution in [-0.4, -0.2) is 25.7 Å². The number of ether oxygens (including phenoxy) is 1. The van der Waals surface area contributed by atoms with Crippen LogP contribution >= 0.6 is 0 Å². The molecule has 1 fully saturated rings. The molecule has 3 heteroatoms. The van der Waals surface area contributed by atoms with Gasteiger partial charge in [-0.3, -0.25) is 0 Å². The smallest absolute Gasteiger partial charge is 0.121 e. The highest BCUT2D eigenvalue weighted by Crippen LogP contribution is 2.24. The number of rotatable bonds is 7. The molecule has 0 aromatic heterocycles. The summed E-state index contributed by atoms with van der Waals surface area (Å²) in [6, 6.07) is 8.74. The summed E-state index contributed by atoms with van der Waals surface area (Å²) in [5.74, 6) is 0.984. The van der Waals surface area contributed by atoms with Gasteiger partial charge in [-0.05, 0) is 31.4 Å². The van der Waals surface area contributed by atoms with E-state index in [0.29, 0.717) is 6.04 Å². The number of hydrogen-bond acceptors (Lipinski definition) is 3. The van der Waals surface area contributed by atoms with Gasteiger partial charge in [-0.15, -0.1) is 0 Å². The van der Waals surface area contributed by atoms with E-state index in [1.807, 2.05) is 6.07 Å². The molecule has 2 rings (SSSR count). The van der Waals surface area contributed by atoms with Crippen LogP contribution in [0, 0.1) is 0 Å². The second-order valence-electron chi connectivity index (χ2n) is 5.75. The largest absolute Gasteiger partial charge is 0.494 e. The topological polar surface area (TPSA) is 38.5 Å². The Morgan fingerprint density at radius 1 is 1.30 bits per heavy atom. The van der Waals surface area contributed by atoms with Crippen molar-refractivity contribution in [2.24, 2.45) is 5.73 Å². The van der Waals surface area contributed by atoms with E-state index < -0.39 is 0 Å². The molecule has 1 heterocycles. The number of nitrogens with two attached hydrogens (primary N) is 1. The van der Waals surface area contributed by atoms with Crippen molar-refractivity contribution in [3.8, 4) is 5.75 Å². The minimum atomic E-state index is 0.308. The molecule has 1 atom stereocenters. The lowest BCUT2D eigenvalue weighted by Crippen LogP contribution is -2.42. The van der Waals surface area contributed by atoms with E-state index in [2.05, 4.69) is 30.0 Å². The maximum Gasteiger partial charge on any atom is 0.121 e. The van der Waals surface area contributed by atoms with Gasteiger partial charge in [-0.2, -0.15) is 0 Å². The zero-order chi connectivity index (χ0) is 14.2. The van der Waals surface area contributed by atoms with Gasteiger partial charge in [0.1, 0.15) is 5.75 Å². The molecule has 0 aliphatic carbocycles. The third kappa shape index (κ3) is 4.71. The molecular formula is C17H28N2O. The van der Waals surface area contributed by atoms with Gasteiger partial charge < -0.3 is 15.4 Å². The summed E-state index contributed by atoms with van der Waals surface area (Å²) < 4.78 is 5.85. The maximum atomic E-state index is 6.05. The van der Waals surface area contributed by atoms with Gasteiger partial charge in [-0.1, -0.05) is 32.3 Å². The van der Waals surface area contributed by atoms with E-state index in [4.69, 9.17) is 10.5 Å². The van der Waals surface area contributed by atoms with Crippen molar-refractivity contribution in [1.29, 1.82) is 0 Å². The number of anilines is 1. The lowest BCUT2D eigenvalue weighted by molar-refractivity contribution is 0.305. The van der Waals surface area contributed by atoms with Crippen LogP contribution in [0.3, 0.4) is 0 Å². The van der Waals surface area contributed by atoms with E-state index in [1.165, 1.54) is 31.4 Å². The van der Waals surface area contributed by atoms with Crippen molar-refractivity contribution in [2.75, 3.05) is 24.6 Å². The van der Waals surface area contributed by atoms with Crippen LogP contribution in [0.5, 0.6) is 5.75 Å². The first-order valence-corrected chi connectivity index (χ1v) is 8.03. The monoisotopic (exact) mass is 276 g/mol. The lowest BCUT2D eigenvalue weighted by Gasteiger charge is -2.32. The summed E-state index contributed by atoms with van der Waals surface area (Å²) in [5, 5.41) is 0. The van der Waals surface area contributed by atoms with Crippen molar-refractivity contribution >= 4 is 5.69 Å². The zero-order valence-electron chi connectivity index (χ0n) is 12.7. The van der Waals surface area contributed by atoms with Gasteiger partial charge in [-0.25, -0.2) is 0 Å². The molecule has 0 spiro atoms. The first-order valence-electron chi connectivity index (χ1n) is 8.03. The van der Waals surface area contributed by atoms with Crippen LogP contribution in [0.25, 0.3) is 0 Å². The molecule has 112 valence electrons. The average molecular weight is 276 g/mol. The van der Waals surface area contributed by atoms with Gasteiger partial charge in [0.25, 0.3) is 0 Å². The highest BCUT2D eigenvalue weighted by Gasteiger charge is 2.17. The van der Waals surface area contributed by atoms with Gasteiger partial charge in [0.15, 0.2) is 0 Å². The second kappa shape index (κ2) is 8.15. The lowest BCUT2D eigenvalue weighted by atomic mass is 10.1. The molecule has 0 radical (unpaired) electrons. The molecule has 0 amide bonds. The van der Waals surface area contributed by atoms with Crippen LogP contribution in [0.15, 0.2) is 24.3 Å². The highest BCUT2D eigenvalue weighted by molar-refractivity contribution is 5.51.